The number of carbonyl (C=O) groups is 1. The molecule has 2 aliphatic heterocycles. The third-order valence-corrected chi connectivity index (χ3v) is 5.94. The maximum atomic E-state index is 14.0. The van der Waals surface area contributed by atoms with Gasteiger partial charge in [-0.15, -0.1) is 0 Å². The standard InChI is InChI=1S/C18H22ClFN2O/c19-15-4-3-5-16(20)17(15)13-10-14(13)18(23)22-9-6-12(11-22)21-7-1-2-8-21/h3-5,12-14H,1-2,6-11H2/t12?,13-,14-/m1/s1. The van der Waals surface area contributed by atoms with E-state index in [0.717, 1.165) is 25.9 Å². The van der Waals surface area contributed by atoms with Crippen molar-refractivity contribution < 1.29 is 9.18 Å². The van der Waals surface area contributed by atoms with Gasteiger partial charge in [0.1, 0.15) is 5.82 Å². The normalized spacial score (nSPS) is 30.9. The summed E-state index contributed by atoms with van der Waals surface area (Å²) in [7, 11) is 0. The first-order valence-electron chi connectivity index (χ1n) is 8.62. The van der Waals surface area contributed by atoms with Crippen LogP contribution in [0.25, 0.3) is 0 Å². The minimum absolute atomic E-state index is 0.0398. The van der Waals surface area contributed by atoms with E-state index < -0.39 is 0 Å². The fraction of sp³-hybridized carbons (Fsp3) is 0.611. The highest BCUT2D eigenvalue weighted by atomic mass is 35.5. The second-order valence-corrected chi connectivity index (χ2v) is 7.46. The highest BCUT2D eigenvalue weighted by Crippen LogP contribution is 2.51. The monoisotopic (exact) mass is 336 g/mol. The van der Waals surface area contributed by atoms with Crippen molar-refractivity contribution in [3.63, 3.8) is 0 Å². The minimum Gasteiger partial charge on any atom is -0.341 e. The van der Waals surface area contributed by atoms with Crippen molar-refractivity contribution >= 4 is 17.5 Å². The predicted octanol–water partition coefficient (Wildman–Crippen LogP) is 3.28. The second-order valence-electron chi connectivity index (χ2n) is 7.05. The van der Waals surface area contributed by atoms with Crippen LogP contribution in [0.5, 0.6) is 0 Å². The largest absolute Gasteiger partial charge is 0.341 e. The highest BCUT2D eigenvalue weighted by molar-refractivity contribution is 6.31. The van der Waals surface area contributed by atoms with E-state index in [-0.39, 0.29) is 23.6 Å². The topological polar surface area (TPSA) is 23.6 Å². The summed E-state index contributed by atoms with van der Waals surface area (Å²) in [5.74, 6) is -0.214. The van der Waals surface area contributed by atoms with Crippen LogP contribution in [0.2, 0.25) is 5.02 Å². The Bertz CT molecular complexity index is 597. The zero-order valence-corrected chi connectivity index (χ0v) is 13.9. The third kappa shape index (κ3) is 2.87. The lowest BCUT2D eigenvalue weighted by Crippen LogP contribution is -2.37. The maximum Gasteiger partial charge on any atom is 0.226 e. The molecule has 3 aliphatic rings. The number of hydrogen-bond acceptors (Lipinski definition) is 2. The Labute approximate surface area is 141 Å². The molecule has 0 aromatic heterocycles. The van der Waals surface area contributed by atoms with Gasteiger partial charge in [-0.2, -0.15) is 0 Å². The van der Waals surface area contributed by atoms with Crippen LogP contribution in [0.15, 0.2) is 18.2 Å². The van der Waals surface area contributed by atoms with Gasteiger partial charge < -0.3 is 4.90 Å². The minimum atomic E-state index is -0.283. The van der Waals surface area contributed by atoms with Gasteiger partial charge in [-0.25, -0.2) is 4.39 Å². The van der Waals surface area contributed by atoms with Crippen LogP contribution >= 0.6 is 11.6 Å². The van der Waals surface area contributed by atoms with Gasteiger partial charge in [-0.3, -0.25) is 9.69 Å². The Balaban J connectivity index is 1.40. The van der Waals surface area contributed by atoms with E-state index >= 15 is 0 Å². The Hall–Kier alpha value is -1.13. The van der Waals surface area contributed by atoms with Crippen molar-refractivity contribution in [2.24, 2.45) is 5.92 Å². The Morgan fingerprint density at radius 1 is 1.22 bits per heavy atom. The summed E-state index contributed by atoms with van der Waals surface area (Å²) < 4.78 is 14.0. The highest BCUT2D eigenvalue weighted by Gasteiger charge is 2.49. The van der Waals surface area contributed by atoms with E-state index in [2.05, 4.69) is 4.90 Å². The van der Waals surface area contributed by atoms with Gasteiger partial charge in [0, 0.05) is 41.6 Å². The molecule has 0 radical (unpaired) electrons. The molecule has 2 heterocycles. The van der Waals surface area contributed by atoms with Crippen molar-refractivity contribution in [3.8, 4) is 0 Å². The van der Waals surface area contributed by atoms with Gasteiger partial charge in [-0.1, -0.05) is 17.7 Å². The van der Waals surface area contributed by atoms with Crippen molar-refractivity contribution in [2.75, 3.05) is 26.2 Å². The molecule has 3 fully saturated rings. The zero-order chi connectivity index (χ0) is 16.0. The Morgan fingerprint density at radius 3 is 2.74 bits per heavy atom. The first-order valence-corrected chi connectivity index (χ1v) is 8.99. The van der Waals surface area contributed by atoms with Crippen LogP contribution in [-0.2, 0) is 4.79 Å². The van der Waals surface area contributed by atoms with Gasteiger partial charge in [0.15, 0.2) is 0 Å². The van der Waals surface area contributed by atoms with Crippen LogP contribution in [0.1, 0.15) is 37.2 Å². The number of amides is 1. The van der Waals surface area contributed by atoms with Gasteiger partial charge in [-0.05, 0) is 50.9 Å². The molecule has 1 aromatic rings. The van der Waals surface area contributed by atoms with E-state index in [1.54, 1.807) is 12.1 Å². The number of nitrogens with zero attached hydrogens (tertiary/aromatic N) is 2. The molecule has 1 unspecified atom stereocenters. The SMILES string of the molecule is O=C([C@@H]1C[C@H]1c1c(F)cccc1Cl)N1CCC(N2CCCC2)C1. The lowest BCUT2D eigenvalue weighted by molar-refractivity contribution is -0.131. The fourth-order valence-electron chi connectivity index (χ4n) is 4.23. The average molecular weight is 337 g/mol. The smallest absolute Gasteiger partial charge is 0.226 e. The van der Waals surface area contributed by atoms with Crippen LogP contribution < -0.4 is 0 Å². The maximum absolute atomic E-state index is 14.0. The number of halogens is 2. The van der Waals surface area contributed by atoms with Gasteiger partial charge in [0.05, 0.1) is 0 Å². The number of benzene rings is 1. The van der Waals surface area contributed by atoms with Crippen LogP contribution in [0.3, 0.4) is 0 Å². The zero-order valence-electron chi connectivity index (χ0n) is 13.2. The predicted molar refractivity (Wildman–Crippen MR) is 88.1 cm³/mol. The molecule has 3 atom stereocenters. The van der Waals surface area contributed by atoms with E-state index in [1.165, 1.54) is 32.0 Å². The van der Waals surface area contributed by atoms with Crippen molar-refractivity contribution in [1.82, 2.24) is 9.80 Å². The van der Waals surface area contributed by atoms with E-state index in [1.807, 2.05) is 4.90 Å². The summed E-state index contributed by atoms with van der Waals surface area (Å²) >= 11 is 6.13. The summed E-state index contributed by atoms with van der Waals surface area (Å²) in [5, 5.41) is 0.446. The fourth-order valence-corrected chi connectivity index (χ4v) is 4.54. The van der Waals surface area contributed by atoms with Gasteiger partial charge in [0.2, 0.25) is 5.91 Å². The first kappa shape index (κ1) is 15.4. The van der Waals surface area contributed by atoms with Crippen LogP contribution in [0.4, 0.5) is 4.39 Å². The number of likely N-dealkylation sites (tertiary alicyclic amines) is 2. The molecular weight excluding hydrogens is 315 g/mol. The summed E-state index contributed by atoms with van der Waals surface area (Å²) in [6, 6.07) is 5.27. The first-order chi connectivity index (χ1) is 11.1. The molecule has 1 saturated carbocycles. The molecule has 1 aromatic carbocycles. The molecule has 0 spiro atoms. The number of carbonyl (C=O) groups excluding carboxylic acids is 1. The molecular formula is C18H22ClFN2O. The van der Waals surface area contributed by atoms with E-state index in [9.17, 15) is 9.18 Å². The summed E-state index contributed by atoms with van der Waals surface area (Å²) in [4.78, 5) is 17.2. The summed E-state index contributed by atoms with van der Waals surface area (Å²) in [6.45, 7) is 4.02. The molecule has 23 heavy (non-hydrogen) atoms. The summed E-state index contributed by atoms with van der Waals surface area (Å²) in [6.07, 6.45) is 4.36. The Morgan fingerprint density at radius 2 is 2.00 bits per heavy atom. The van der Waals surface area contributed by atoms with Gasteiger partial charge in [0.25, 0.3) is 0 Å². The van der Waals surface area contributed by atoms with E-state index in [4.69, 9.17) is 11.6 Å². The van der Waals surface area contributed by atoms with Gasteiger partial charge >= 0.3 is 0 Å². The molecule has 124 valence electrons. The molecule has 0 N–H and O–H groups in total. The molecule has 2 saturated heterocycles. The van der Waals surface area contributed by atoms with Crippen LogP contribution in [0, 0.1) is 11.7 Å². The molecule has 4 rings (SSSR count). The summed E-state index contributed by atoms with van der Waals surface area (Å²) in [5.41, 5.74) is 0.530. The molecule has 0 bridgehead atoms. The number of rotatable bonds is 3. The quantitative estimate of drug-likeness (QED) is 0.845. The second kappa shape index (κ2) is 6.06. The molecule has 1 aliphatic carbocycles. The lowest BCUT2D eigenvalue weighted by Gasteiger charge is -2.23. The number of hydrogen-bond donors (Lipinski definition) is 0. The van der Waals surface area contributed by atoms with Crippen molar-refractivity contribution in [2.45, 2.75) is 37.6 Å². The van der Waals surface area contributed by atoms with Crippen LogP contribution in [-0.4, -0.2) is 47.9 Å². The molecule has 1 amide bonds. The lowest BCUT2D eigenvalue weighted by atomic mass is 10.1. The molecule has 5 heteroatoms. The average Bonchev–Trinajstić information content (AvgIpc) is 2.94. The Kier molecular flexibility index (Phi) is 4.06. The molecule has 3 nitrogen and oxygen atoms in total. The third-order valence-electron chi connectivity index (χ3n) is 5.61. The van der Waals surface area contributed by atoms with E-state index in [0.29, 0.717) is 16.6 Å². The van der Waals surface area contributed by atoms with Crippen molar-refractivity contribution in [3.05, 3.63) is 34.6 Å². The van der Waals surface area contributed by atoms with Crippen molar-refractivity contribution in [1.29, 1.82) is 0 Å².